The molecule has 0 bridgehead atoms. The number of nitrogens with zero attached hydrogens (tertiary/aromatic N) is 3. The van der Waals surface area contributed by atoms with Crippen LogP contribution in [0.3, 0.4) is 0 Å². The maximum absolute atomic E-state index is 11.1. The van der Waals surface area contributed by atoms with Gasteiger partial charge in [0.05, 0.1) is 4.88 Å². The highest BCUT2D eigenvalue weighted by atomic mass is 32.2. The number of rotatable bonds is 2. The maximum Gasteiger partial charge on any atom is 0.273 e. The summed E-state index contributed by atoms with van der Waals surface area (Å²) in [6.45, 7) is 0. The second-order valence-electron chi connectivity index (χ2n) is 2.89. The first-order valence-corrected chi connectivity index (χ1v) is 6.39. The van der Waals surface area contributed by atoms with Crippen molar-refractivity contribution in [2.24, 2.45) is 12.2 Å². The van der Waals surface area contributed by atoms with Crippen molar-refractivity contribution in [1.29, 1.82) is 0 Å². The lowest BCUT2D eigenvalue weighted by Crippen LogP contribution is -2.17. The minimum Gasteiger partial charge on any atom is -0.299 e. The summed E-state index contributed by atoms with van der Waals surface area (Å²) in [4.78, 5) is 0.847. The zero-order chi connectivity index (χ0) is 11.1. The number of thiophene rings is 1. The van der Waals surface area contributed by atoms with Gasteiger partial charge >= 0.3 is 0 Å². The van der Waals surface area contributed by atoms with Crippen molar-refractivity contribution in [3.8, 4) is 10.7 Å². The molecule has 2 heterocycles. The summed E-state index contributed by atoms with van der Waals surface area (Å²) in [6, 6.07) is 3.69. The molecule has 0 saturated carbocycles. The summed E-state index contributed by atoms with van der Waals surface area (Å²) in [6.07, 6.45) is 0. The zero-order valence-electron chi connectivity index (χ0n) is 7.78. The van der Waals surface area contributed by atoms with Gasteiger partial charge in [0.15, 0.2) is 5.82 Å². The van der Waals surface area contributed by atoms with Gasteiger partial charge in [-0.3, -0.25) is 4.57 Å². The summed E-state index contributed by atoms with van der Waals surface area (Å²) in [5.74, 6) is 0.494. The second kappa shape index (κ2) is 3.40. The molecule has 80 valence electrons. The summed E-state index contributed by atoms with van der Waals surface area (Å²) >= 11 is 1.46. The maximum atomic E-state index is 11.1. The first kappa shape index (κ1) is 10.3. The van der Waals surface area contributed by atoms with Gasteiger partial charge in [-0.2, -0.15) is 0 Å². The number of sulfonamides is 1. The Hall–Kier alpha value is -1.25. The molecule has 0 atom stereocenters. The lowest BCUT2D eigenvalue weighted by atomic mass is 10.4. The van der Waals surface area contributed by atoms with Crippen molar-refractivity contribution in [2.45, 2.75) is 5.16 Å². The molecule has 6 nitrogen and oxygen atoms in total. The zero-order valence-corrected chi connectivity index (χ0v) is 9.42. The molecule has 0 spiro atoms. The van der Waals surface area contributed by atoms with Crippen molar-refractivity contribution in [1.82, 2.24) is 14.8 Å². The van der Waals surface area contributed by atoms with Crippen LogP contribution in [0.5, 0.6) is 0 Å². The lowest BCUT2D eigenvalue weighted by molar-refractivity contribution is 0.580. The Kier molecular flexibility index (Phi) is 2.33. The van der Waals surface area contributed by atoms with Gasteiger partial charge in [-0.15, -0.1) is 21.5 Å². The Morgan fingerprint density at radius 3 is 2.67 bits per heavy atom. The second-order valence-corrected chi connectivity index (χ2v) is 5.29. The van der Waals surface area contributed by atoms with E-state index in [0.29, 0.717) is 5.82 Å². The fourth-order valence-electron chi connectivity index (χ4n) is 1.18. The molecular weight excluding hydrogens is 236 g/mol. The predicted octanol–water partition coefficient (Wildman–Crippen LogP) is 0.191. The normalized spacial score (nSPS) is 11.9. The highest BCUT2D eigenvalue weighted by Gasteiger charge is 2.19. The molecule has 8 heteroatoms. The largest absolute Gasteiger partial charge is 0.299 e. The SMILES string of the molecule is Cn1c(-c2cccs2)nnc1S(N)(=O)=O. The molecule has 0 aliphatic rings. The van der Waals surface area contributed by atoms with Crippen molar-refractivity contribution in [2.75, 3.05) is 0 Å². The Morgan fingerprint density at radius 1 is 1.47 bits per heavy atom. The summed E-state index contributed by atoms with van der Waals surface area (Å²) in [5.41, 5.74) is 0. The molecule has 0 unspecified atom stereocenters. The molecule has 0 saturated heterocycles. The number of primary sulfonamides is 1. The fraction of sp³-hybridized carbons (Fsp3) is 0.143. The first-order chi connectivity index (χ1) is 7.00. The molecule has 2 aromatic rings. The molecular formula is C7H8N4O2S2. The Morgan fingerprint density at radius 2 is 2.20 bits per heavy atom. The lowest BCUT2D eigenvalue weighted by Gasteiger charge is -1.99. The van der Waals surface area contributed by atoms with Crippen LogP contribution in [0.15, 0.2) is 22.7 Å². The monoisotopic (exact) mass is 244 g/mol. The van der Waals surface area contributed by atoms with Crippen LogP contribution in [-0.4, -0.2) is 23.2 Å². The minimum atomic E-state index is -3.81. The molecule has 15 heavy (non-hydrogen) atoms. The molecule has 2 N–H and O–H groups in total. The minimum absolute atomic E-state index is 0.231. The van der Waals surface area contributed by atoms with Crippen molar-refractivity contribution in [3.63, 3.8) is 0 Å². The third kappa shape index (κ3) is 1.78. The summed E-state index contributed by atoms with van der Waals surface area (Å²) < 4.78 is 23.6. The van der Waals surface area contributed by atoms with Gasteiger partial charge in [-0.1, -0.05) is 6.07 Å². The van der Waals surface area contributed by atoms with Crippen molar-refractivity contribution in [3.05, 3.63) is 17.5 Å². The van der Waals surface area contributed by atoms with Crippen molar-refractivity contribution < 1.29 is 8.42 Å². The van der Waals surface area contributed by atoms with Crippen LogP contribution in [0.25, 0.3) is 10.7 Å². The molecule has 0 radical (unpaired) electrons. The standard InChI is InChI=1S/C7H8N4O2S2/c1-11-6(5-3-2-4-14-5)9-10-7(11)15(8,12)13/h2-4H,1H3,(H2,8,12,13). The molecule has 0 amide bonds. The predicted molar refractivity (Wildman–Crippen MR) is 55.7 cm³/mol. The molecule has 0 aliphatic carbocycles. The van der Waals surface area contributed by atoms with E-state index in [1.807, 2.05) is 17.5 Å². The van der Waals surface area contributed by atoms with E-state index in [2.05, 4.69) is 10.2 Å². The van der Waals surface area contributed by atoms with E-state index >= 15 is 0 Å². The van der Waals surface area contributed by atoms with Crippen LogP contribution in [0.4, 0.5) is 0 Å². The summed E-state index contributed by atoms with van der Waals surface area (Å²) in [7, 11) is -2.25. The van der Waals surface area contributed by atoms with Crippen LogP contribution < -0.4 is 5.14 Å². The average Bonchev–Trinajstić information content (AvgIpc) is 2.69. The van der Waals surface area contributed by atoms with Gasteiger partial charge < -0.3 is 0 Å². The highest BCUT2D eigenvalue weighted by Crippen LogP contribution is 2.23. The fourth-order valence-corrected chi connectivity index (χ4v) is 2.55. The molecule has 0 aromatic carbocycles. The molecule has 2 rings (SSSR count). The molecule has 2 aromatic heterocycles. The van der Waals surface area contributed by atoms with E-state index in [0.717, 1.165) is 4.88 Å². The van der Waals surface area contributed by atoms with E-state index in [-0.39, 0.29) is 5.16 Å². The third-order valence-electron chi connectivity index (χ3n) is 1.83. The van der Waals surface area contributed by atoms with Gasteiger partial charge in [-0.25, -0.2) is 13.6 Å². The Labute approximate surface area is 90.4 Å². The smallest absolute Gasteiger partial charge is 0.273 e. The van der Waals surface area contributed by atoms with E-state index in [1.165, 1.54) is 15.9 Å². The quantitative estimate of drug-likeness (QED) is 0.816. The van der Waals surface area contributed by atoms with E-state index in [1.54, 1.807) is 7.05 Å². The van der Waals surface area contributed by atoms with Gasteiger partial charge in [-0.05, 0) is 11.4 Å². The van der Waals surface area contributed by atoms with E-state index in [9.17, 15) is 8.42 Å². The van der Waals surface area contributed by atoms with Gasteiger partial charge in [0.2, 0.25) is 0 Å². The van der Waals surface area contributed by atoms with E-state index < -0.39 is 10.0 Å². The van der Waals surface area contributed by atoms with Gasteiger partial charge in [0, 0.05) is 7.05 Å². The number of aromatic nitrogens is 3. The average molecular weight is 244 g/mol. The first-order valence-electron chi connectivity index (χ1n) is 3.96. The van der Waals surface area contributed by atoms with Crippen molar-refractivity contribution >= 4 is 21.4 Å². The number of nitrogens with two attached hydrogens (primary N) is 1. The topological polar surface area (TPSA) is 90.9 Å². The van der Waals surface area contributed by atoms with Crippen LogP contribution in [0.1, 0.15) is 0 Å². The Bertz CT molecular complexity index is 570. The van der Waals surface area contributed by atoms with E-state index in [4.69, 9.17) is 5.14 Å². The molecule has 0 aliphatic heterocycles. The van der Waals surface area contributed by atoms with Crippen LogP contribution in [0, 0.1) is 0 Å². The third-order valence-corrected chi connectivity index (χ3v) is 3.56. The highest BCUT2D eigenvalue weighted by molar-refractivity contribution is 7.89. The van der Waals surface area contributed by atoms with Crippen LogP contribution >= 0.6 is 11.3 Å². The Balaban J connectivity index is 2.60. The van der Waals surface area contributed by atoms with Crippen LogP contribution in [0.2, 0.25) is 0 Å². The number of hydrogen-bond donors (Lipinski definition) is 1. The van der Waals surface area contributed by atoms with Gasteiger partial charge in [0.25, 0.3) is 15.2 Å². The molecule has 0 fully saturated rings. The number of hydrogen-bond acceptors (Lipinski definition) is 5. The summed E-state index contributed by atoms with van der Waals surface area (Å²) in [5, 5.41) is 14.0. The van der Waals surface area contributed by atoms with Gasteiger partial charge in [0.1, 0.15) is 0 Å². The van der Waals surface area contributed by atoms with Crippen LogP contribution in [-0.2, 0) is 17.1 Å².